The number of benzene rings is 2. The van der Waals surface area contributed by atoms with Crippen LogP contribution in [0.15, 0.2) is 48.5 Å². The van der Waals surface area contributed by atoms with E-state index in [-0.39, 0.29) is 36.7 Å². The van der Waals surface area contributed by atoms with Crippen molar-refractivity contribution >= 4 is 29.4 Å². The van der Waals surface area contributed by atoms with Crippen LogP contribution in [0.3, 0.4) is 0 Å². The molecule has 4 rings (SSSR count). The number of hydrogen-bond donors (Lipinski definition) is 2. The Morgan fingerprint density at radius 3 is 2.13 bits per heavy atom. The van der Waals surface area contributed by atoms with Gasteiger partial charge in [-0.1, -0.05) is 43.0 Å². The molecule has 11 nitrogen and oxygen atoms in total. The molecule has 3 amide bonds. The summed E-state index contributed by atoms with van der Waals surface area (Å²) in [5.74, 6) is -2.80. The van der Waals surface area contributed by atoms with Crippen molar-refractivity contribution in [3.8, 4) is 0 Å². The van der Waals surface area contributed by atoms with E-state index in [0.717, 1.165) is 43.7 Å². The minimum absolute atomic E-state index is 0.0150. The number of nitro groups is 1. The molecule has 0 aromatic heterocycles. The number of amides is 3. The quantitative estimate of drug-likeness (QED) is 0.388. The van der Waals surface area contributed by atoms with Gasteiger partial charge >= 0.3 is 5.97 Å². The minimum atomic E-state index is -1.34. The molecule has 2 aromatic carbocycles. The molecule has 2 atom stereocenters. The lowest BCUT2D eigenvalue weighted by atomic mass is 9.82. The maximum absolute atomic E-state index is 13.8. The van der Waals surface area contributed by atoms with Crippen LogP contribution in [0.5, 0.6) is 0 Å². The molecule has 1 aliphatic carbocycles. The maximum atomic E-state index is 13.8. The highest BCUT2D eigenvalue weighted by atomic mass is 16.6. The smallest absolute Gasteiger partial charge is 0.305 e. The summed E-state index contributed by atoms with van der Waals surface area (Å²) in [5, 5.41) is 23.7. The molecular formula is C28H32N4O7. The lowest BCUT2D eigenvalue weighted by molar-refractivity contribution is -0.384. The third-order valence-corrected chi connectivity index (χ3v) is 7.44. The van der Waals surface area contributed by atoms with Crippen LogP contribution in [0.1, 0.15) is 64.8 Å². The molecule has 1 heterocycles. The van der Waals surface area contributed by atoms with E-state index in [4.69, 9.17) is 0 Å². The summed E-state index contributed by atoms with van der Waals surface area (Å²) in [7, 11) is 0. The van der Waals surface area contributed by atoms with Crippen LogP contribution < -0.4 is 5.32 Å². The number of nitro benzene ring substituents is 1. The molecule has 2 aliphatic rings. The molecule has 2 aromatic rings. The van der Waals surface area contributed by atoms with Crippen molar-refractivity contribution in [2.24, 2.45) is 5.92 Å². The SMILES string of the molecule is Cc1cccc(C(=O)N2CCN(C(=O)c3cccc([N+](=O)[O-])c3)C2C(=O)NC(CC(=O)O)C2CCCCC2)c1. The first kappa shape index (κ1) is 27.7. The maximum Gasteiger partial charge on any atom is 0.305 e. The Labute approximate surface area is 225 Å². The molecule has 11 heteroatoms. The summed E-state index contributed by atoms with van der Waals surface area (Å²) in [6.07, 6.45) is 2.89. The van der Waals surface area contributed by atoms with Crippen molar-refractivity contribution in [2.45, 2.75) is 57.7 Å². The van der Waals surface area contributed by atoms with Gasteiger partial charge in [-0.2, -0.15) is 0 Å². The van der Waals surface area contributed by atoms with Gasteiger partial charge in [0.2, 0.25) is 0 Å². The van der Waals surface area contributed by atoms with Crippen molar-refractivity contribution < 1.29 is 29.2 Å². The summed E-state index contributed by atoms with van der Waals surface area (Å²) >= 11 is 0. The Kier molecular flexibility index (Phi) is 8.58. The Morgan fingerprint density at radius 1 is 0.974 bits per heavy atom. The van der Waals surface area contributed by atoms with Crippen LogP contribution in [0.2, 0.25) is 0 Å². The molecule has 1 saturated heterocycles. The number of aryl methyl sites for hydroxylation is 1. The van der Waals surface area contributed by atoms with Crippen LogP contribution in [0, 0.1) is 23.0 Å². The largest absolute Gasteiger partial charge is 0.481 e. The van der Waals surface area contributed by atoms with Gasteiger partial charge in [-0.25, -0.2) is 0 Å². The summed E-state index contributed by atoms with van der Waals surface area (Å²) in [5.41, 5.74) is 0.949. The average molecular weight is 537 g/mol. The van der Waals surface area contributed by atoms with Crippen LogP contribution in [0.4, 0.5) is 5.69 Å². The number of carbonyl (C=O) groups is 4. The second kappa shape index (κ2) is 12.1. The first-order chi connectivity index (χ1) is 18.7. The van der Waals surface area contributed by atoms with Gasteiger partial charge in [-0.3, -0.25) is 29.3 Å². The number of non-ortho nitro benzene ring substituents is 1. The summed E-state index contributed by atoms with van der Waals surface area (Å²) in [6, 6.07) is 11.4. The van der Waals surface area contributed by atoms with E-state index in [9.17, 15) is 34.4 Å². The third-order valence-electron chi connectivity index (χ3n) is 7.44. The second-order valence-electron chi connectivity index (χ2n) is 10.2. The van der Waals surface area contributed by atoms with E-state index < -0.39 is 40.8 Å². The number of rotatable bonds is 8. The molecule has 1 aliphatic heterocycles. The summed E-state index contributed by atoms with van der Waals surface area (Å²) in [6.45, 7) is 1.94. The Hall–Kier alpha value is -4.28. The first-order valence-electron chi connectivity index (χ1n) is 13.1. The Balaban J connectivity index is 1.66. The fourth-order valence-corrected chi connectivity index (χ4v) is 5.52. The molecule has 206 valence electrons. The fourth-order valence-electron chi connectivity index (χ4n) is 5.52. The van der Waals surface area contributed by atoms with E-state index in [0.29, 0.717) is 5.56 Å². The van der Waals surface area contributed by atoms with Gasteiger partial charge in [-0.05, 0) is 43.9 Å². The van der Waals surface area contributed by atoms with Gasteiger partial charge in [0, 0.05) is 42.4 Å². The van der Waals surface area contributed by atoms with E-state index in [2.05, 4.69) is 5.32 Å². The fraction of sp³-hybridized carbons (Fsp3) is 0.429. The third kappa shape index (κ3) is 6.42. The predicted octanol–water partition coefficient (Wildman–Crippen LogP) is 3.37. The zero-order valence-electron chi connectivity index (χ0n) is 21.7. The van der Waals surface area contributed by atoms with E-state index in [1.54, 1.807) is 18.2 Å². The molecule has 0 radical (unpaired) electrons. The van der Waals surface area contributed by atoms with Gasteiger partial charge in [-0.15, -0.1) is 0 Å². The monoisotopic (exact) mass is 536 g/mol. The van der Waals surface area contributed by atoms with Crippen LogP contribution >= 0.6 is 0 Å². The van der Waals surface area contributed by atoms with Crippen molar-refractivity contribution in [3.63, 3.8) is 0 Å². The topological polar surface area (TPSA) is 150 Å². The van der Waals surface area contributed by atoms with Gasteiger partial charge in [0.25, 0.3) is 23.4 Å². The number of carboxylic acid groups (broad SMARTS) is 1. The summed E-state index contributed by atoms with van der Waals surface area (Å²) in [4.78, 5) is 65.8. The predicted molar refractivity (Wildman–Crippen MR) is 141 cm³/mol. The van der Waals surface area contributed by atoms with Crippen molar-refractivity contribution in [2.75, 3.05) is 13.1 Å². The van der Waals surface area contributed by atoms with E-state index in [1.165, 1.54) is 28.0 Å². The first-order valence-corrected chi connectivity index (χ1v) is 13.1. The van der Waals surface area contributed by atoms with Crippen LogP contribution in [-0.2, 0) is 9.59 Å². The van der Waals surface area contributed by atoms with Gasteiger partial charge < -0.3 is 20.2 Å². The highest BCUT2D eigenvalue weighted by Crippen LogP contribution is 2.29. The summed E-state index contributed by atoms with van der Waals surface area (Å²) < 4.78 is 0. The number of carbonyl (C=O) groups excluding carboxylic acids is 3. The minimum Gasteiger partial charge on any atom is -0.481 e. The van der Waals surface area contributed by atoms with Crippen molar-refractivity contribution in [3.05, 3.63) is 75.3 Å². The number of aliphatic carboxylic acids is 1. The number of hydrogen-bond acceptors (Lipinski definition) is 6. The molecular weight excluding hydrogens is 504 g/mol. The molecule has 2 fully saturated rings. The normalized spacial score (nSPS) is 18.4. The molecule has 2 N–H and O–H groups in total. The number of carboxylic acids is 1. The van der Waals surface area contributed by atoms with Gasteiger partial charge in [0.1, 0.15) is 0 Å². The Morgan fingerprint density at radius 2 is 1.56 bits per heavy atom. The molecule has 0 spiro atoms. The average Bonchev–Trinajstić information content (AvgIpc) is 3.37. The second-order valence-corrected chi connectivity index (χ2v) is 10.2. The van der Waals surface area contributed by atoms with Crippen LogP contribution in [0.25, 0.3) is 0 Å². The molecule has 1 saturated carbocycles. The highest BCUT2D eigenvalue weighted by molar-refractivity contribution is 6.02. The number of nitrogens with one attached hydrogen (secondary N) is 1. The van der Waals surface area contributed by atoms with Crippen molar-refractivity contribution in [1.82, 2.24) is 15.1 Å². The Bertz CT molecular complexity index is 1270. The molecule has 39 heavy (non-hydrogen) atoms. The van der Waals surface area contributed by atoms with E-state index >= 15 is 0 Å². The highest BCUT2D eigenvalue weighted by Gasteiger charge is 2.44. The van der Waals surface area contributed by atoms with E-state index in [1.807, 2.05) is 13.0 Å². The molecule has 0 bridgehead atoms. The molecule has 2 unspecified atom stereocenters. The lowest BCUT2D eigenvalue weighted by Gasteiger charge is -2.34. The lowest BCUT2D eigenvalue weighted by Crippen LogP contribution is -2.57. The van der Waals surface area contributed by atoms with Gasteiger partial charge in [0.05, 0.1) is 11.3 Å². The van der Waals surface area contributed by atoms with Crippen molar-refractivity contribution in [1.29, 1.82) is 0 Å². The zero-order chi connectivity index (χ0) is 28.1. The number of nitrogens with zero attached hydrogens (tertiary/aromatic N) is 3. The standard InChI is InChI=1S/C28H32N4O7/c1-18-7-5-10-20(15-18)27(36)30-13-14-31(28(37)21-11-6-12-22(16-21)32(38)39)26(30)25(35)29-23(17-24(33)34)19-8-3-2-4-9-19/h5-7,10-12,15-16,19,23,26H,2-4,8-9,13-14,17H2,1H3,(H,29,35)(H,33,34). The van der Waals surface area contributed by atoms with Crippen LogP contribution in [-0.4, -0.2) is 68.8 Å². The zero-order valence-corrected chi connectivity index (χ0v) is 21.7. The van der Waals surface area contributed by atoms with Gasteiger partial charge in [0.15, 0.2) is 6.17 Å².